The molecule has 0 aromatic rings. The summed E-state index contributed by atoms with van der Waals surface area (Å²) in [7, 11) is 0. The number of carboxylic acid groups (broad SMARTS) is 1. The van der Waals surface area contributed by atoms with E-state index in [9.17, 15) is 38.7 Å². The molecule has 0 radical (unpaired) electrons. The fraction of sp³-hybridized carbons (Fsp3) is 0.806. The lowest BCUT2D eigenvalue weighted by atomic mass is 9.79. The molecule has 6 atom stereocenters. The molecule has 0 aromatic carbocycles. The first-order valence-corrected chi connectivity index (χ1v) is 19.0. The van der Waals surface area contributed by atoms with E-state index < -0.39 is 72.1 Å². The average molecular weight is 720 g/mol. The predicted octanol–water partition coefficient (Wildman–Crippen LogP) is 1.04. The standard InChI is InChI=1S/C36H61N7O8/c1-5-16-38-32(47)26(21-37)40-34(49)28-15-11-18-42(28)35(50)25(20-30(45)46)39-33(48)27-14-9-10-17-43(27)36(51)31(22(2)3)41-29(44)19-23(4)24-12-7-6-8-13-24/h22-28,31H,5-21,37H2,1-4H3,(H,38,47)(H,39,48)(H,40,49)(H,41,44)(H,45,46)/t23-,25-,26-,27-,28-,31-/m0/s1. The minimum atomic E-state index is -1.50. The Bertz CT molecular complexity index is 1240. The van der Waals surface area contributed by atoms with Crippen LogP contribution in [0.15, 0.2) is 0 Å². The summed E-state index contributed by atoms with van der Waals surface area (Å²) in [6.45, 7) is 8.33. The summed E-state index contributed by atoms with van der Waals surface area (Å²) in [6.07, 6.45) is 8.39. The van der Waals surface area contributed by atoms with E-state index >= 15 is 0 Å². The molecular weight excluding hydrogens is 658 g/mol. The van der Waals surface area contributed by atoms with Crippen molar-refractivity contribution in [1.29, 1.82) is 0 Å². The number of amides is 6. The highest BCUT2D eigenvalue weighted by Crippen LogP contribution is 2.31. The molecule has 2 aliphatic heterocycles. The van der Waals surface area contributed by atoms with Crippen LogP contribution in [-0.4, -0.2) is 113 Å². The molecule has 1 aliphatic carbocycles. The molecule has 0 aromatic heterocycles. The van der Waals surface area contributed by atoms with Crippen LogP contribution in [-0.2, 0) is 33.6 Å². The number of aliphatic carboxylic acids is 1. The van der Waals surface area contributed by atoms with E-state index in [0.717, 1.165) is 12.8 Å². The van der Waals surface area contributed by atoms with Gasteiger partial charge < -0.3 is 41.9 Å². The molecule has 3 aliphatic rings. The van der Waals surface area contributed by atoms with Crippen LogP contribution in [0, 0.1) is 17.8 Å². The second kappa shape index (κ2) is 20.3. The molecule has 0 spiro atoms. The lowest BCUT2D eigenvalue weighted by molar-refractivity contribution is -0.149. The van der Waals surface area contributed by atoms with Crippen LogP contribution >= 0.6 is 0 Å². The zero-order chi connectivity index (χ0) is 37.7. The Labute approximate surface area is 301 Å². The molecule has 15 nitrogen and oxygen atoms in total. The maximum absolute atomic E-state index is 14.0. The number of piperidine rings is 1. The Hall–Kier alpha value is -3.75. The van der Waals surface area contributed by atoms with E-state index in [2.05, 4.69) is 28.2 Å². The molecule has 6 amide bonds. The van der Waals surface area contributed by atoms with Gasteiger partial charge in [-0.05, 0) is 56.3 Å². The Morgan fingerprint density at radius 2 is 1.29 bits per heavy atom. The number of nitrogens with one attached hydrogen (secondary N) is 4. The number of hydrogen-bond acceptors (Lipinski definition) is 8. The SMILES string of the molecule is CCCNC(=O)[C@H](CN)NC(=O)[C@@H]1CCCN1C(=O)[C@H](CC(=O)O)NC(=O)[C@@H]1CCCCN1C(=O)[C@@H](NC(=O)C[C@H](C)C1CCCCC1)C(C)C. The molecule has 7 N–H and O–H groups in total. The van der Waals surface area contributed by atoms with Crippen LogP contribution in [0.3, 0.4) is 0 Å². The molecule has 288 valence electrons. The largest absolute Gasteiger partial charge is 0.481 e. The third kappa shape index (κ3) is 11.9. The van der Waals surface area contributed by atoms with Gasteiger partial charge in [0.25, 0.3) is 0 Å². The van der Waals surface area contributed by atoms with Gasteiger partial charge in [-0.1, -0.05) is 59.8 Å². The predicted molar refractivity (Wildman–Crippen MR) is 190 cm³/mol. The van der Waals surface area contributed by atoms with E-state index in [0.29, 0.717) is 51.0 Å². The van der Waals surface area contributed by atoms with E-state index in [1.807, 2.05) is 20.8 Å². The fourth-order valence-corrected chi connectivity index (χ4v) is 7.57. The van der Waals surface area contributed by atoms with Gasteiger partial charge in [-0.3, -0.25) is 33.6 Å². The zero-order valence-electron chi connectivity index (χ0n) is 30.9. The van der Waals surface area contributed by atoms with Crippen LogP contribution in [0.25, 0.3) is 0 Å². The van der Waals surface area contributed by atoms with Crippen molar-refractivity contribution in [2.75, 3.05) is 26.2 Å². The monoisotopic (exact) mass is 719 g/mol. The lowest BCUT2D eigenvalue weighted by Crippen LogP contribution is -2.61. The van der Waals surface area contributed by atoms with Crippen molar-refractivity contribution < 1.29 is 38.7 Å². The molecule has 1 saturated carbocycles. The molecular formula is C36H61N7O8. The Kier molecular flexibility index (Phi) is 16.6. The van der Waals surface area contributed by atoms with E-state index in [1.54, 1.807) is 0 Å². The third-order valence-electron chi connectivity index (χ3n) is 10.5. The normalized spacial score (nSPS) is 22.0. The van der Waals surface area contributed by atoms with Crippen molar-refractivity contribution >= 4 is 41.4 Å². The zero-order valence-corrected chi connectivity index (χ0v) is 30.9. The second-order valence-electron chi connectivity index (χ2n) is 14.8. The van der Waals surface area contributed by atoms with Gasteiger partial charge in [0.2, 0.25) is 35.4 Å². The van der Waals surface area contributed by atoms with Crippen LogP contribution in [0.2, 0.25) is 0 Å². The molecule has 0 bridgehead atoms. The summed E-state index contributed by atoms with van der Waals surface area (Å²) in [4.78, 5) is 95.1. The van der Waals surface area contributed by atoms with Gasteiger partial charge in [0.1, 0.15) is 30.2 Å². The fourth-order valence-electron chi connectivity index (χ4n) is 7.57. The maximum Gasteiger partial charge on any atom is 0.305 e. The summed E-state index contributed by atoms with van der Waals surface area (Å²) in [5.74, 6) is -3.94. The van der Waals surface area contributed by atoms with Crippen LogP contribution < -0.4 is 27.0 Å². The molecule has 15 heteroatoms. The van der Waals surface area contributed by atoms with Gasteiger partial charge in [-0.2, -0.15) is 0 Å². The number of carboxylic acids is 1. The Balaban J connectivity index is 1.71. The van der Waals surface area contributed by atoms with Crippen LogP contribution in [0.4, 0.5) is 0 Å². The second-order valence-corrected chi connectivity index (χ2v) is 14.8. The van der Waals surface area contributed by atoms with Crippen molar-refractivity contribution in [2.24, 2.45) is 23.5 Å². The number of nitrogens with two attached hydrogens (primary N) is 1. The maximum atomic E-state index is 14.0. The van der Waals surface area contributed by atoms with Crippen molar-refractivity contribution in [3.8, 4) is 0 Å². The summed E-state index contributed by atoms with van der Waals surface area (Å²) in [5.41, 5.74) is 5.74. The van der Waals surface area contributed by atoms with Crippen molar-refractivity contribution in [2.45, 2.75) is 141 Å². The summed E-state index contributed by atoms with van der Waals surface area (Å²) >= 11 is 0. The molecule has 3 rings (SSSR count). The minimum Gasteiger partial charge on any atom is -0.481 e. The van der Waals surface area contributed by atoms with Gasteiger partial charge in [0.15, 0.2) is 0 Å². The van der Waals surface area contributed by atoms with Gasteiger partial charge in [-0.25, -0.2) is 0 Å². The number of carbonyl (C=O) groups excluding carboxylic acids is 6. The highest BCUT2D eigenvalue weighted by molar-refractivity contribution is 5.98. The Morgan fingerprint density at radius 1 is 0.725 bits per heavy atom. The van der Waals surface area contributed by atoms with Crippen LogP contribution in [0.5, 0.6) is 0 Å². The average Bonchev–Trinajstić information content (AvgIpc) is 3.61. The lowest BCUT2D eigenvalue weighted by Gasteiger charge is -2.38. The van der Waals surface area contributed by atoms with E-state index in [4.69, 9.17) is 5.73 Å². The molecule has 51 heavy (non-hydrogen) atoms. The summed E-state index contributed by atoms with van der Waals surface area (Å²) in [5, 5.41) is 20.5. The van der Waals surface area contributed by atoms with Crippen molar-refractivity contribution in [3.63, 3.8) is 0 Å². The number of likely N-dealkylation sites (tertiary alicyclic amines) is 2. The summed E-state index contributed by atoms with van der Waals surface area (Å²) < 4.78 is 0. The third-order valence-corrected chi connectivity index (χ3v) is 10.5. The molecule has 0 unspecified atom stereocenters. The Morgan fingerprint density at radius 3 is 1.88 bits per heavy atom. The molecule has 3 fully saturated rings. The van der Waals surface area contributed by atoms with Crippen LogP contribution in [0.1, 0.15) is 111 Å². The van der Waals surface area contributed by atoms with Gasteiger partial charge in [0, 0.05) is 32.6 Å². The van der Waals surface area contributed by atoms with E-state index in [-0.39, 0.29) is 43.8 Å². The first-order chi connectivity index (χ1) is 24.3. The highest BCUT2D eigenvalue weighted by atomic mass is 16.4. The highest BCUT2D eigenvalue weighted by Gasteiger charge is 2.42. The number of hydrogen-bond donors (Lipinski definition) is 6. The van der Waals surface area contributed by atoms with Crippen molar-refractivity contribution in [3.05, 3.63) is 0 Å². The molecule has 2 saturated heterocycles. The summed E-state index contributed by atoms with van der Waals surface area (Å²) in [6, 6.07) is -5.32. The number of carbonyl (C=O) groups is 7. The number of rotatable bonds is 17. The number of nitrogens with zero attached hydrogens (tertiary/aromatic N) is 2. The molecule has 2 heterocycles. The first kappa shape index (κ1) is 41.7. The first-order valence-electron chi connectivity index (χ1n) is 19.0. The smallest absolute Gasteiger partial charge is 0.305 e. The van der Waals surface area contributed by atoms with Gasteiger partial charge in [0.05, 0.1) is 6.42 Å². The quantitative estimate of drug-likeness (QED) is 0.126. The minimum absolute atomic E-state index is 0.154. The van der Waals surface area contributed by atoms with Crippen molar-refractivity contribution in [1.82, 2.24) is 31.1 Å². The van der Waals surface area contributed by atoms with Gasteiger partial charge in [-0.15, -0.1) is 0 Å². The van der Waals surface area contributed by atoms with Gasteiger partial charge >= 0.3 is 5.97 Å². The van der Waals surface area contributed by atoms with E-state index in [1.165, 1.54) is 29.1 Å². The topological polar surface area (TPSA) is 220 Å².